The van der Waals surface area contributed by atoms with Gasteiger partial charge in [-0.3, -0.25) is 9.69 Å². The maximum absolute atomic E-state index is 11.4. The maximum Gasteiger partial charge on any atom is 0.323 e. The average Bonchev–Trinajstić information content (AvgIpc) is 3.09. The molecule has 0 amide bonds. The van der Waals surface area contributed by atoms with Gasteiger partial charge in [0.25, 0.3) is 0 Å². The van der Waals surface area contributed by atoms with Gasteiger partial charge in [-0.05, 0) is 43.3 Å². The van der Waals surface area contributed by atoms with Gasteiger partial charge in [0.2, 0.25) is 0 Å². The van der Waals surface area contributed by atoms with E-state index in [0.717, 1.165) is 22.9 Å². The van der Waals surface area contributed by atoms with Crippen molar-refractivity contribution in [3.05, 3.63) is 78.0 Å². The van der Waals surface area contributed by atoms with Crippen LogP contribution in [-0.4, -0.2) is 36.6 Å². The molecular weight excluding hydrogens is 396 g/mol. The SMILES string of the molecule is CC[NH+]1C(=CC=CC2Sc3cc(OC)ccc3N2CC(=O)O)C=Cc2ccccc21. The summed E-state index contributed by atoms with van der Waals surface area (Å²) in [5.74, 6) is -0.0686. The number of carboxylic acid groups (broad SMARTS) is 1. The Morgan fingerprint density at radius 2 is 2.10 bits per heavy atom. The van der Waals surface area contributed by atoms with Crippen molar-refractivity contribution in [2.24, 2.45) is 0 Å². The number of aliphatic carboxylic acids is 1. The quantitative estimate of drug-likeness (QED) is 0.745. The fraction of sp³-hybridized carbons (Fsp3) is 0.208. The molecule has 0 aliphatic carbocycles. The fourth-order valence-corrected chi connectivity index (χ4v) is 5.14. The van der Waals surface area contributed by atoms with Crippen molar-refractivity contribution in [1.82, 2.24) is 0 Å². The predicted molar refractivity (Wildman–Crippen MR) is 121 cm³/mol. The van der Waals surface area contributed by atoms with Gasteiger partial charge in [0, 0.05) is 22.6 Å². The minimum absolute atomic E-state index is 0.0441. The Hall–Kier alpha value is -2.96. The van der Waals surface area contributed by atoms with Crippen molar-refractivity contribution in [2.45, 2.75) is 17.2 Å². The van der Waals surface area contributed by atoms with Gasteiger partial charge in [-0.2, -0.15) is 0 Å². The van der Waals surface area contributed by atoms with E-state index in [9.17, 15) is 9.90 Å². The molecule has 0 saturated heterocycles. The Morgan fingerprint density at radius 3 is 2.87 bits per heavy atom. The van der Waals surface area contributed by atoms with Crippen LogP contribution in [0.2, 0.25) is 0 Å². The summed E-state index contributed by atoms with van der Waals surface area (Å²) >= 11 is 1.64. The van der Waals surface area contributed by atoms with Crippen molar-refractivity contribution in [3.63, 3.8) is 0 Å². The van der Waals surface area contributed by atoms with Crippen molar-refractivity contribution in [2.75, 3.05) is 25.1 Å². The van der Waals surface area contributed by atoms with E-state index in [2.05, 4.69) is 55.5 Å². The van der Waals surface area contributed by atoms with E-state index in [1.165, 1.54) is 21.8 Å². The molecule has 2 N–H and O–H groups in total. The number of carbonyl (C=O) groups is 1. The summed E-state index contributed by atoms with van der Waals surface area (Å²) in [5, 5.41) is 9.30. The zero-order valence-electron chi connectivity index (χ0n) is 17.0. The van der Waals surface area contributed by atoms with E-state index >= 15 is 0 Å². The molecule has 2 aromatic rings. The number of methoxy groups -OCH3 is 1. The van der Waals surface area contributed by atoms with Gasteiger partial charge < -0.3 is 14.7 Å². The monoisotopic (exact) mass is 421 g/mol. The number of benzene rings is 2. The highest BCUT2D eigenvalue weighted by atomic mass is 32.2. The lowest BCUT2D eigenvalue weighted by molar-refractivity contribution is -0.785. The standard InChI is InChI=1S/C24H24N2O3S/c1-3-25-18(12-11-17-7-4-5-9-20(17)25)8-6-10-23-26(16-24(27)28)21-14-13-19(29-2)15-22(21)30-23/h4-15,23H,3,16H2,1-2H3,(H,27,28)/p+1. The smallest absolute Gasteiger partial charge is 0.323 e. The predicted octanol–water partition coefficient (Wildman–Crippen LogP) is 3.72. The summed E-state index contributed by atoms with van der Waals surface area (Å²) in [6, 6.07) is 14.2. The highest BCUT2D eigenvalue weighted by Crippen LogP contribution is 2.45. The second-order valence-corrected chi connectivity index (χ2v) is 8.28. The Balaban J connectivity index is 1.58. The Bertz CT molecular complexity index is 1040. The van der Waals surface area contributed by atoms with Crippen molar-refractivity contribution < 1.29 is 19.5 Å². The average molecular weight is 422 g/mol. The van der Waals surface area contributed by atoms with E-state index in [-0.39, 0.29) is 11.9 Å². The van der Waals surface area contributed by atoms with Crippen LogP contribution in [-0.2, 0) is 4.79 Å². The van der Waals surface area contributed by atoms with Gasteiger partial charge in [-0.25, -0.2) is 0 Å². The first-order chi connectivity index (χ1) is 14.6. The first kappa shape index (κ1) is 20.3. The second-order valence-electron chi connectivity index (χ2n) is 7.12. The van der Waals surface area contributed by atoms with Crippen LogP contribution in [0.5, 0.6) is 5.75 Å². The lowest BCUT2D eigenvalue weighted by Crippen LogP contribution is -3.05. The van der Waals surface area contributed by atoms with Gasteiger partial charge in [0.05, 0.1) is 24.7 Å². The van der Waals surface area contributed by atoms with Crippen LogP contribution in [0.15, 0.2) is 77.4 Å². The molecule has 2 aromatic carbocycles. The molecule has 30 heavy (non-hydrogen) atoms. The van der Waals surface area contributed by atoms with Crippen molar-refractivity contribution in [1.29, 1.82) is 0 Å². The molecule has 0 bridgehead atoms. The Morgan fingerprint density at radius 1 is 1.27 bits per heavy atom. The van der Waals surface area contributed by atoms with Crippen LogP contribution in [0.25, 0.3) is 6.08 Å². The molecular formula is C24H25N2O3S+. The van der Waals surface area contributed by atoms with E-state index in [1.54, 1.807) is 18.9 Å². The fourth-order valence-electron chi connectivity index (χ4n) is 3.91. The molecule has 2 atom stereocenters. The number of likely N-dealkylation sites (N-methyl/N-ethyl adjacent to an activating group) is 1. The van der Waals surface area contributed by atoms with E-state index in [4.69, 9.17) is 4.74 Å². The summed E-state index contributed by atoms with van der Waals surface area (Å²) in [4.78, 5) is 15.7. The van der Waals surface area contributed by atoms with Gasteiger partial charge in [-0.1, -0.05) is 36.0 Å². The van der Waals surface area contributed by atoms with Crippen LogP contribution < -0.4 is 14.5 Å². The molecule has 2 heterocycles. The molecule has 0 spiro atoms. The molecule has 2 aliphatic rings. The number of carboxylic acids is 1. The lowest BCUT2D eigenvalue weighted by Gasteiger charge is -2.23. The summed E-state index contributed by atoms with van der Waals surface area (Å²) < 4.78 is 5.32. The molecule has 2 aliphatic heterocycles. The largest absolute Gasteiger partial charge is 0.497 e. The number of quaternary nitrogens is 1. The number of ether oxygens (including phenoxy) is 1. The third kappa shape index (κ3) is 4.01. The molecule has 0 aromatic heterocycles. The van der Waals surface area contributed by atoms with Crippen LogP contribution in [0.4, 0.5) is 11.4 Å². The number of thioether (sulfide) groups is 1. The zero-order valence-corrected chi connectivity index (χ0v) is 17.9. The number of rotatable bonds is 6. The molecule has 0 radical (unpaired) electrons. The topological polar surface area (TPSA) is 54.2 Å². The number of fused-ring (bicyclic) bond motifs is 2. The van der Waals surface area contributed by atoms with Crippen molar-refractivity contribution in [3.8, 4) is 5.75 Å². The van der Waals surface area contributed by atoms with E-state index in [1.807, 2.05) is 29.2 Å². The molecule has 154 valence electrons. The van der Waals surface area contributed by atoms with E-state index < -0.39 is 5.97 Å². The number of hydrogen-bond acceptors (Lipinski definition) is 4. The number of para-hydroxylation sites is 1. The first-order valence-corrected chi connectivity index (χ1v) is 10.8. The summed E-state index contributed by atoms with van der Waals surface area (Å²) in [7, 11) is 1.64. The first-order valence-electron chi connectivity index (χ1n) is 9.96. The Kier molecular flexibility index (Phi) is 5.97. The molecule has 2 unspecified atom stereocenters. The minimum Gasteiger partial charge on any atom is -0.497 e. The molecule has 0 fully saturated rings. The molecule has 0 saturated carbocycles. The van der Waals surface area contributed by atoms with Gasteiger partial charge in [-0.15, -0.1) is 0 Å². The number of anilines is 1. The molecule has 6 heteroatoms. The second kappa shape index (κ2) is 8.81. The number of nitrogens with zero attached hydrogens (tertiary/aromatic N) is 1. The minimum atomic E-state index is -0.843. The third-order valence-corrected chi connectivity index (χ3v) is 6.55. The lowest BCUT2D eigenvalue weighted by atomic mass is 10.1. The van der Waals surface area contributed by atoms with Crippen molar-refractivity contribution >= 4 is 35.2 Å². The molecule has 5 nitrogen and oxygen atoms in total. The van der Waals surface area contributed by atoms with Gasteiger partial charge in [0.15, 0.2) is 0 Å². The van der Waals surface area contributed by atoms with Gasteiger partial charge >= 0.3 is 5.97 Å². The normalized spacial score (nSPS) is 21.1. The third-order valence-electron chi connectivity index (χ3n) is 5.32. The number of allylic oxidation sites excluding steroid dienone is 3. The highest BCUT2D eigenvalue weighted by Gasteiger charge is 2.30. The van der Waals surface area contributed by atoms with Gasteiger partial charge in [0.1, 0.15) is 23.7 Å². The Labute approximate surface area is 180 Å². The maximum atomic E-state index is 11.4. The van der Waals surface area contributed by atoms with Crippen LogP contribution >= 0.6 is 11.8 Å². The van der Waals surface area contributed by atoms with E-state index in [0.29, 0.717) is 0 Å². The van der Waals surface area contributed by atoms with Crippen LogP contribution in [0.1, 0.15) is 12.5 Å². The number of hydrogen-bond donors (Lipinski definition) is 2. The highest BCUT2D eigenvalue weighted by molar-refractivity contribution is 8.00. The molecule has 4 rings (SSSR count). The summed E-state index contributed by atoms with van der Waals surface area (Å²) in [6.45, 7) is 3.08. The summed E-state index contributed by atoms with van der Waals surface area (Å²) in [6.07, 6.45) is 10.5. The summed E-state index contributed by atoms with van der Waals surface area (Å²) in [5.41, 5.74) is 4.65. The number of nitrogens with one attached hydrogen (secondary N) is 1. The zero-order chi connectivity index (χ0) is 21.1. The van der Waals surface area contributed by atoms with Crippen LogP contribution in [0.3, 0.4) is 0 Å². The van der Waals surface area contributed by atoms with Crippen LogP contribution in [0, 0.1) is 0 Å².